The van der Waals surface area contributed by atoms with E-state index >= 15 is 0 Å². The fourth-order valence-corrected chi connectivity index (χ4v) is 3.12. The van der Waals surface area contributed by atoms with Crippen LogP contribution in [0.3, 0.4) is 0 Å². The van der Waals surface area contributed by atoms with Gasteiger partial charge in [0.25, 0.3) is 6.47 Å². The Morgan fingerprint density at radius 3 is 2.50 bits per heavy atom. The maximum Gasteiger partial charge on any atom is 0.407 e. The molecule has 3 aromatic heterocycles. The molecule has 4 rings (SSSR count). The third kappa shape index (κ3) is 5.15. The lowest BCUT2D eigenvalue weighted by atomic mass is 10.1. The third-order valence-electron chi connectivity index (χ3n) is 4.66. The average molecular weight is 468 g/mol. The number of alkyl carbamates (subject to hydrolysis) is 1. The van der Waals surface area contributed by atoms with Crippen LogP contribution in [-0.4, -0.2) is 49.3 Å². The molecular weight excluding hydrogens is 447 g/mol. The van der Waals surface area contributed by atoms with Crippen LogP contribution in [0.15, 0.2) is 42.6 Å². The third-order valence-corrected chi connectivity index (χ3v) is 4.66. The molecule has 3 heterocycles. The van der Waals surface area contributed by atoms with Crippen LogP contribution in [0.1, 0.15) is 17.0 Å². The van der Waals surface area contributed by atoms with Crippen molar-refractivity contribution in [3.8, 4) is 11.5 Å². The van der Waals surface area contributed by atoms with Gasteiger partial charge in [-0.25, -0.2) is 28.7 Å². The molecular formula is C21H21FN8O4. The number of anilines is 2. The highest BCUT2D eigenvalue weighted by Gasteiger charge is 2.20. The quantitative estimate of drug-likeness (QED) is 0.314. The average Bonchev–Trinajstić information content (AvgIpc) is 3.19. The zero-order valence-corrected chi connectivity index (χ0v) is 18.0. The number of benzene rings is 1. The maximum atomic E-state index is 14.2. The molecule has 0 spiro atoms. The number of carbonyl (C=O) groups is 2. The van der Waals surface area contributed by atoms with Gasteiger partial charge in [0.15, 0.2) is 5.82 Å². The lowest BCUT2D eigenvalue weighted by Gasteiger charge is -2.10. The second-order valence-electron chi connectivity index (χ2n) is 6.71. The Kier molecular flexibility index (Phi) is 7.48. The number of amides is 1. The van der Waals surface area contributed by atoms with Gasteiger partial charge in [0.2, 0.25) is 0 Å². The smallest absolute Gasteiger partial charge is 0.407 e. The fourth-order valence-electron chi connectivity index (χ4n) is 3.12. The van der Waals surface area contributed by atoms with E-state index in [1.54, 1.807) is 41.0 Å². The summed E-state index contributed by atoms with van der Waals surface area (Å²) in [4.78, 5) is 32.9. The molecule has 34 heavy (non-hydrogen) atoms. The van der Waals surface area contributed by atoms with E-state index in [2.05, 4.69) is 30.1 Å². The number of halogens is 1. The number of nitrogens with two attached hydrogens (primary N) is 2. The molecule has 0 fully saturated rings. The minimum absolute atomic E-state index is 0.00858. The number of rotatable bonds is 5. The minimum Gasteiger partial charge on any atom is -0.483 e. The highest BCUT2D eigenvalue weighted by Crippen LogP contribution is 2.26. The molecule has 0 saturated heterocycles. The van der Waals surface area contributed by atoms with E-state index in [1.165, 1.54) is 13.2 Å². The Labute approximate surface area is 192 Å². The van der Waals surface area contributed by atoms with Crippen molar-refractivity contribution >= 4 is 29.7 Å². The Morgan fingerprint density at radius 1 is 1.18 bits per heavy atom. The summed E-state index contributed by atoms with van der Waals surface area (Å²) in [5.74, 6) is 0.568. The van der Waals surface area contributed by atoms with E-state index in [0.29, 0.717) is 28.2 Å². The Balaban J connectivity index is 0.00000103. The van der Waals surface area contributed by atoms with Crippen LogP contribution in [0.5, 0.6) is 0 Å². The molecule has 0 aliphatic rings. The lowest BCUT2D eigenvalue weighted by molar-refractivity contribution is -0.122. The summed E-state index contributed by atoms with van der Waals surface area (Å²) in [6.07, 6.45) is 1.19. The predicted octanol–water partition coefficient (Wildman–Crippen LogP) is 1.64. The second-order valence-corrected chi connectivity index (χ2v) is 6.71. The molecule has 6 N–H and O–H groups in total. The molecule has 0 aliphatic heterocycles. The van der Waals surface area contributed by atoms with Crippen LogP contribution < -0.4 is 16.8 Å². The highest BCUT2D eigenvalue weighted by molar-refractivity contribution is 5.75. The Morgan fingerprint density at radius 2 is 1.85 bits per heavy atom. The van der Waals surface area contributed by atoms with Crippen molar-refractivity contribution in [2.75, 3.05) is 18.6 Å². The molecule has 0 radical (unpaired) electrons. The van der Waals surface area contributed by atoms with E-state index in [9.17, 15) is 9.18 Å². The van der Waals surface area contributed by atoms with Gasteiger partial charge in [-0.2, -0.15) is 5.10 Å². The number of aromatic nitrogens is 5. The summed E-state index contributed by atoms with van der Waals surface area (Å²) >= 11 is 0. The molecule has 0 bridgehead atoms. The number of methoxy groups -OCH3 is 1. The fraction of sp³-hybridized carbons (Fsp3) is 0.143. The van der Waals surface area contributed by atoms with Gasteiger partial charge in [0.05, 0.1) is 24.7 Å². The molecule has 0 saturated carbocycles. The number of imidazole rings is 1. The Hall–Kier alpha value is -4.81. The molecule has 4 aromatic rings. The zero-order chi connectivity index (χ0) is 24.7. The van der Waals surface area contributed by atoms with Crippen LogP contribution in [-0.2, 0) is 22.5 Å². The van der Waals surface area contributed by atoms with Crippen LogP contribution in [0, 0.1) is 5.82 Å². The van der Waals surface area contributed by atoms with Crippen LogP contribution in [0.4, 0.5) is 20.8 Å². The highest BCUT2D eigenvalue weighted by atomic mass is 19.1. The largest absolute Gasteiger partial charge is 0.483 e. The predicted molar refractivity (Wildman–Crippen MR) is 120 cm³/mol. The first-order valence-electron chi connectivity index (χ1n) is 9.77. The maximum absolute atomic E-state index is 14.2. The normalized spacial score (nSPS) is 10.3. The van der Waals surface area contributed by atoms with Crippen LogP contribution >= 0.6 is 0 Å². The molecule has 0 atom stereocenters. The molecule has 12 nitrogen and oxygen atoms in total. The molecule has 176 valence electrons. The zero-order valence-electron chi connectivity index (χ0n) is 18.0. The number of carbonyl (C=O) groups excluding carboxylic acids is 1. The first-order chi connectivity index (χ1) is 16.4. The van der Waals surface area contributed by atoms with Crippen LogP contribution in [0.2, 0.25) is 0 Å². The van der Waals surface area contributed by atoms with Crippen molar-refractivity contribution in [1.82, 2.24) is 29.9 Å². The molecule has 1 aromatic carbocycles. The Bertz CT molecular complexity index is 1300. The summed E-state index contributed by atoms with van der Waals surface area (Å²) in [6.45, 7) is -0.241. The summed E-state index contributed by atoms with van der Waals surface area (Å²) in [7, 11) is 1.25. The SMILES string of the molecule is COC(=O)NCc1c(N)nc(-c2nc(Cc3ccccc3F)n3ncccc23)nc1N.O=CO. The van der Waals surface area contributed by atoms with Crippen LogP contribution in [0.25, 0.3) is 17.0 Å². The molecule has 0 unspecified atom stereocenters. The number of ether oxygens (including phenoxy) is 1. The van der Waals surface area contributed by atoms with Crippen molar-refractivity contribution in [1.29, 1.82) is 0 Å². The summed E-state index contributed by atoms with van der Waals surface area (Å²) in [6, 6.07) is 10.0. The van der Waals surface area contributed by atoms with E-state index in [0.717, 1.165) is 0 Å². The van der Waals surface area contributed by atoms with E-state index in [1.807, 2.05) is 0 Å². The minimum atomic E-state index is -0.633. The number of hydrogen-bond acceptors (Lipinski definition) is 9. The molecule has 13 heteroatoms. The lowest BCUT2D eigenvalue weighted by Crippen LogP contribution is -2.24. The first kappa shape index (κ1) is 23.8. The van der Waals surface area contributed by atoms with Crippen molar-refractivity contribution in [3.63, 3.8) is 0 Å². The van der Waals surface area contributed by atoms with Gasteiger partial charge in [-0.05, 0) is 23.8 Å². The van der Waals surface area contributed by atoms with Gasteiger partial charge in [-0.3, -0.25) is 4.79 Å². The van der Waals surface area contributed by atoms with Crippen molar-refractivity contribution in [2.45, 2.75) is 13.0 Å². The molecule has 0 aliphatic carbocycles. The monoisotopic (exact) mass is 468 g/mol. The van der Waals surface area contributed by atoms with Gasteiger partial charge in [0.1, 0.15) is 29.0 Å². The number of nitrogens with zero attached hydrogens (tertiary/aromatic N) is 5. The topological polar surface area (TPSA) is 184 Å². The number of nitrogen functional groups attached to an aromatic ring is 2. The van der Waals surface area contributed by atoms with Crippen molar-refractivity contribution in [3.05, 3.63) is 65.4 Å². The van der Waals surface area contributed by atoms with Gasteiger partial charge in [-0.15, -0.1) is 0 Å². The van der Waals surface area contributed by atoms with E-state index in [-0.39, 0.29) is 42.7 Å². The van der Waals surface area contributed by atoms with Crippen molar-refractivity contribution in [2.24, 2.45) is 0 Å². The standard InChI is InChI=1S/C20H19FN8O2.CH2O2/c1-31-20(30)24-10-12-17(22)27-19(28-18(12)23)16-14-7-4-8-25-29(14)15(26-16)9-11-5-2-3-6-13(11)21;2-1-3/h2-8H,9-10H2,1H3,(H,24,30)(H4,22,23,27,28);1H,(H,2,3). The van der Waals surface area contributed by atoms with Gasteiger partial charge < -0.3 is 26.6 Å². The summed E-state index contributed by atoms with van der Waals surface area (Å²) in [5.41, 5.74) is 14.0. The van der Waals surface area contributed by atoms with Gasteiger partial charge in [-0.1, -0.05) is 18.2 Å². The number of hydrogen-bond donors (Lipinski definition) is 4. The van der Waals surface area contributed by atoms with E-state index < -0.39 is 6.09 Å². The summed E-state index contributed by atoms with van der Waals surface area (Å²) in [5, 5.41) is 13.7. The number of fused-ring (bicyclic) bond motifs is 1. The number of nitrogens with one attached hydrogen (secondary N) is 1. The second kappa shape index (κ2) is 10.7. The summed E-state index contributed by atoms with van der Waals surface area (Å²) < 4.78 is 20.3. The molecule has 1 amide bonds. The van der Waals surface area contributed by atoms with Gasteiger partial charge >= 0.3 is 6.09 Å². The van der Waals surface area contributed by atoms with Crippen molar-refractivity contribution < 1.29 is 23.8 Å². The van der Waals surface area contributed by atoms with Gasteiger partial charge in [0, 0.05) is 12.6 Å². The number of carboxylic acid groups (broad SMARTS) is 1. The first-order valence-corrected chi connectivity index (χ1v) is 9.77. The van der Waals surface area contributed by atoms with E-state index in [4.69, 9.17) is 21.4 Å².